The lowest BCUT2D eigenvalue weighted by atomic mass is 10.2. The molecule has 1 heterocycles. The number of aromatic nitrogens is 2. The quantitative estimate of drug-likeness (QED) is 0.859. The van der Waals surface area contributed by atoms with Crippen LogP contribution in [0.1, 0.15) is 25.8 Å². The number of carbonyl (C=O) groups is 1. The van der Waals surface area contributed by atoms with Crippen LogP contribution in [0.2, 0.25) is 0 Å². The molecule has 21 heavy (non-hydrogen) atoms. The molecule has 1 N–H and O–H groups in total. The third-order valence-corrected chi connectivity index (χ3v) is 4.68. The van der Waals surface area contributed by atoms with Gasteiger partial charge in [0.1, 0.15) is 5.52 Å². The summed E-state index contributed by atoms with van der Waals surface area (Å²) in [4.78, 5) is 15.0. The molecule has 1 aliphatic rings. The minimum Gasteiger partial charge on any atom is -0.481 e. The maximum Gasteiger partial charge on any atom is 0.313 e. The Labute approximate surface area is 124 Å². The average Bonchev–Trinajstić information content (AvgIpc) is 3.21. The number of hydrogen-bond donors (Lipinski definition) is 1. The minimum absolute atomic E-state index is 0.0254. The number of rotatable bonds is 5. The van der Waals surface area contributed by atoms with E-state index in [9.17, 15) is 13.6 Å². The molecule has 0 saturated heterocycles. The van der Waals surface area contributed by atoms with Crippen molar-refractivity contribution < 1.29 is 18.7 Å². The molecule has 0 spiro atoms. The third kappa shape index (κ3) is 2.62. The van der Waals surface area contributed by atoms with Crippen LogP contribution < -0.4 is 0 Å². The van der Waals surface area contributed by atoms with E-state index in [1.165, 1.54) is 6.07 Å². The summed E-state index contributed by atoms with van der Waals surface area (Å²) in [5, 5.41) is 9.23. The lowest BCUT2D eigenvalue weighted by Crippen LogP contribution is -2.11. The van der Waals surface area contributed by atoms with Crippen LogP contribution in [-0.2, 0) is 4.79 Å². The SMILES string of the molecule is CC(C1CC1)n1c(SCC(=O)O)nc2ccc(F)c(F)c21. The highest BCUT2D eigenvalue weighted by molar-refractivity contribution is 7.99. The number of benzene rings is 1. The first-order valence-corrected chi connectivity index (χ1v) is 7.68. The van der Waals surface area contributed by atoms with Crippen LogP contribution in [0.15, 0.2) is 17.3 Å². The first-order valence-electron chi connectivity index (χ1n) is 6.69. The van der Waals surface area contributed by atoms with Gasteiger partial charge in [-0.3, -0.25) is 4.79 Å². The standard InChI is InChI=1S/C14H14F2N2O2S/c1-7(8-2-3-8)18-13-10(5-4-9(15)12(13)16)17-14(18)21-6-11(19)20/h4-5,7-8H,2-3,6H2,1H3,(H,19,20). The van der Waals surface area contributed by atoms with Gasteiger partial charge in [-0.15, -0.1) is 0 Å². The van der Waals surface area contributed by atoms with Crippen molar-refractivity contribution in [2.45, 2.75) is 31.0 Å². The van der Waals surface area contributed by atoms with Crippen molar-refractivity contribution in [2.24, 2.45) is 5.92 Å². The molecule has 3 rings (SSSR count). The second-order valence-electron chi connectivity index (χ2n) is 5.25. The molecule has 0 bridgehead atoms. The lowest BCUT2D eigenvalue weighted by Gasteiger charge is -2.16. The first kappa shape index (κ1) is 14.3. The minimum atomic E-state index is -0.968. The van der Waals surface area contributed by atoms with Crippen molar-refractivity contribution in [3.8, 4) is 0 Å². The van der Waals surface area contributed by atoms with Gasteiger partial charge in [-0.05, 0) is 37.8 Å². The maximum atomic E-state index is 14.2. The number of halogens is 2. The normalized spacial score (nSPS) is 16.3. The molecule has 1 aliphatic carbocycles. The van der Waals surface area contributed by atoms with Gasteiger partial charge in [0.25, 0.3) is 0 Å². The van der Waals surface area contributed by atoms with Crippen LogP contribution in [0.3, 0.4) is 0 Å². The van der Waals surface area contributed by atoms with Gasteiger partial charge in [-0.2, -0.15) is 0 Å². The van der Waals surface area contributed by atoms with Gasteiger partial charge in [-0.1, -0.05) is 11.8 Å². The molecule has 7 heteroatoms. The molecule has 1 unspecified atom stereocenters. The van der Waals surface area contributed by atoms with Gasteiger partial charge in [0, 0.05) is 6.04 Å². The van der Waals surface area contributed by atoms with Crippen molar-refractivity contribution in [3.05, 3.63) is 23.8 Å². The number of nitrogens with zero attached hydrogens (tertiary/aromatic N) is 2. The summed E-state index contributed by atoms with van der Waals surface area (Å²) < 4.78 is 29.3. The number of thioether (sulfide) groups is 1. The highest BCUT2D eigenvalue weighted by Crippen LogP contribution is 2.43. The molecule has 1 saturated carbocycles. The second kappa shape index (κ2) is 5.29. The molecule has 0 amide bonds. The van der Waals surface area contributed by atoms with E-state index in [1.807, 2.05) is 6.92 Å². The van der Waals surface area contributed by atoms with Gasteiger partial charge < -0.3 is 9.67 Å². The van der Waals surface area contributed by atoms with Crippen LogP contribution >= 0.6 is 11.8 Å². The van der Waals surface area contributed by atoms with Gasteiger partial charge >= 0.3 is 5.97 Å². The van der Waals surface area contributed by atoms with E-state index in [0.717, 1.165) is 30.7 Å². The Morgan fingerprint density at radius 3 is 2.86 bits per heavy atom. The molecule has 112 valence electrons. The summed E-state index contributed by atoms with van der Waals surface area (Å²) in [6.07, 6.45) is 2.08. The van der Waals surface area contributed by atoms with Crippen molar-refractivity contribution in [1.29, 1.82) is 0 Å². The molecule has 4 nitrogen and oxygen atoms in total. The van der Waals surface area contributed by atoms with E-state index in [0.29, 0.717) is 16.6 Å². The Balaban J connectivity index is 2.14. The predicted molar refractivity (Wildman–Crippen MR) is 75.4 cm³/mol. The number of fused-ring (bicyclic) bond motifs is 1. The zero-order valence-corrected chi connectivity index (χ0v) is 12.2. The van der Waals surface area contributed by atoms with E-state index in [2.05, 4.69) is 4.98 Å². The fraction of sp³-hybridized carbons (Fsp3) is 0.429. The highest BCUT2D eigenvalue weighted by atomic mass is 32.2. The second-order valence-corrected chi connectivity index (χ2v) is 6.20. The summed E-state index contributed by atoms with van der Waals surface area (Å²) in [5.74, 6) is -2.56. The number of carboxylic acids is 1. The lowest BCUT2D eigenvalue weighted by molar-refractivity contribution is -0.133. The van der Waals surface area contributed by atoms with Crippen LogP contribution in [-0.4, -0.2) is 26.4 Å². The fourth-order valence-electron chi connectivity index (χ4n) is 2.50. The molecule has 0 aliphatic heterocycles. The molecule has 1 aromatic heterocycles. The van der Waals surface area contributed by atoms with Gasteiger partial charge in [0.2, 0.25) is 0 Å². The fourth-order valence-corrected chi connectivity index (χ4v) is 3.31. The summed E-state index contributed by atoms with van der Waals surface area (Å²) >= 11 is 1.03. The number of imidazole rings is 1. The third-order valence-electron chi connectivity index (χ3n) is 3.75. The molecular weight excluding hydrogens is 298 g/mol. The van der Waals surface area contributed by atoms with E-state index in [4.69, 9.17) is 5.11 Å². The van der Waals surface area contributed by atoms with E-state index in [1.54, 1.807) is 4.57 Å². The maximum absolute atomic E-state index is 14.2. The monoisotopic (exact) mass is 312 g/mol. The largest absolute Gasteiger partial charge is 0.481 e. The number of aliphatic carboxylic acids is 1. The van der Waals surface area contributed by atoms with Crippen LogP contribution in [0.25, 0.3) is 11.0 Å². The van der Waals surface area contributed by atoms with Crippen LogP contribution in [0.4, 0.5) is 8.78 Å². The topological polar surface area (TPSA) is 55.1 Å². The average molecular weight is 312 g/mol. The van der Waals surface area contributed by atoms with E-state index in [-0.39, 0.29) is 17.3 Å². The van der Waals surface area contributed by atoms with Gasteiger partial charge in [-0.25, -0.2) is 13.8 Å². The van der Waals surface area contributed by atoms with Crippen LogP contribution in [0.5, 0.6) is 0 Å². The molecule has 1 fully saturated rings. The Morgan fingerprint density at radius 1 is 1.52 bits per heavy atom. The van der Waals surface area contributed by atoms with Crippen molar-refractivity contribution in [2.75, 3.05) is 5.75 Å². The van der Waals surface area contributed by atoms with E-state index < -0.39 is 17.6 Å². The van der Waals surface area contributed by atoms with Crippen LogP contribution in [0, 0.1) is 17.6 Å². The zero-order chi connectivity index (χ0) is 15.1. The molecular formula is C14H14F2N2O2S. The molecule has 1 atom stereocenters. The van der Waals surface area contributed by atoms with Crippen molar-refractivity contribution in [3.63, 3.8) is 0 Å². The Hall–Kier alpha value is -1.63. The number of hydrogen-bond acceptors (Lipinski definition) is 3. The number of carboxylic acid groups (broad SMARTS) is 1. The van der Waals surface area contributed by atoms with Crippen molar-refractivity contribution >= 4 is 28.8 Å². The van der Waals surface area contributed by atoms with E-state index >= 15 is 0 Å². The van der Waals surface area contributed by atoms with Gasteiger partial charge in [0.15, 0.2) is 16.8 Å². The molecule has 1 aromatic carbocycles. The Kier molecular flexibility index (Phi) is 3.61. The summed E-state index contributed by atoms with van der Waals surface area (Å²) in [7, 11) is 0. The smallest absolute Gasteiger partial charge is 0.313 e. The highest BCUT2D eigenvalue weighted by Gasteiger charge is 2.32. The van der Waals surface area contributed by atoms with Crippen molar-refractivity contribution in [1.82, 2.24) is 9.55 Å². The molecule has 2 aromatic rings. The summed E-state index contributed by atoms with van der Waals surface area (Å²) in [6.45, 7) is 1.94. The Bertz CT molecular complexity index is 713. The molecule has 0 radical (unpaired) electrons. The predicted octanol–water partition coefficient (Wildman–Crippen LogP) is 3.46. The summed E-state index contributed by atoms with van der Waals surface area (Å²) in [6, 6.07) is 2.44. The van der Waals surface area contributed by atoms with Gasteiger partial charge in [0.05, 0.1) is 11.3 Å². The summed E-state index contributed by atoms with van der Waals surface area (Å²) in [5.41, 5.74) is 0.483. The first-order chi connectivity index (χ1) is 9.99. The zero-order valence-electron chi connectivity index (χ0n) is 11.3. The Morgan fingerprint density at radius 2 is 2.24 bits per heavy atom.